The minimum atomic E-state index is -0.198. The van der Waals surface area contributed by atoms with E-state index in [2.05, 4.69) is 17.5 Å². The molecule has 150 valence electrons. The zero-order valence-corrected chi connectivity index (χ0v) is 16.1. The average Bonchev–Trinajstić information content (AvgIpc) is 3.33. The number of hydrogen-bond donors (Lipinski definition) is 1. The summed E-state index contributed by atoms with van der Waals surface area (Å²) < 4.78 is 5.53. The molecule has 2 aliphatic heterocycles. The van der Waals surface area contributed by atoms with Crippen molar-refractivity contribution in [2.75, 3.05) is 18.1 Å². The number of hydrogen-bond acceptors (Lipinski definition) is 4. The first-order valence-corrected chi connectivity index (χ1v) is 10.7. The first kappa shape index (κ1) is 17.4. The molecule has 2 bridgehead atoms. The van der Waals surface area contributed by atoms with E-state index in [0.29, 0.717) is 29.6 Å². The van der Waals surface area contributed by atoms with E-state index in [1.165, 1.54) is 4.90 Å². The van der Waals surface area contributed by atoms with Crippen molar-refractivity contribution in [3.05, 3.63) is 42.0 Å². The highest BCUT2D eigenvalue weighted by molar-refractivity contribution is 6.22. The van der Waals surface area contributed by atoms with Gasteiger partial charge in [0.15, 0.2) is 0 Å². The van der Waals surface area contributed by atoms with Crippen LogP contribution in [0.15, 0.2) is 36.4 Å². The second kappa shape index (κ2) is 6.26. The first-order chi connectivity index (χ1) is 14.1. The number of nitrogens with zero attached hydrogens (tertiary/aromatic N) is 1. The van der Waals surface area contributed by atoms with E-state index < -0.39 is 0 Å². The summed E-state index contributed by atoms with van der Waals surface area (Å²) in [5.74, 6) is 0.934. The van der Waals surface area contributed by atoms with Gasteiger partial charge in [0.2, 0.25) is 11.8 Å². The molecule has 1 aromatic carbocycles. The Labute approximate surface area is 169 Å². The van der Waals surface area contributed by atoms with Crippen LogP contribution in [0.5, 0.6) is 0 Å². The Balaban J connectivity index is 1.18. The van der Waals surface area contributed by atoms with Gasteiger partial charge in [0.05, 0.1) is 23.6 Å². The highest BCUT2D eigenvalue weighted by Gasteiger charge is 2.67. The lowest BCUT2D eigenvalue weighted by molar-refractivity contribution is -0.124. The van der Waals surface area contributed by atoms with Gasteiger partial charge in [-0.25, -0.2) is 0 Å². The van der Waals surface area contributed by atoms with Gasteiger partial charge in [-0.2, -0.15) is 0 Å². The van der Waals surface area contributed by atoms with E-state index in [9.17, 15) is 14.4 Å². The predicted octanol–water partition coefficient (Wildman–Crippen LogP) is 2.15. The summed E-state index contributed by atoms with van der Waals surface area (Å²) in [4.78, 5) is 40.0. The van der Waals surface area contributed by atoms with Gasteiger partial charge in [-0.15, -0.1) is 0 Å². The second-order valence-electron chi connectivity index (χ2n) is 9.06. The molecule has 0 spiro atoms. The number of ether oxygens (including phenoxy) is 1. The van der Waals surface area contributed by atoms with Gasteiger partial charge in [-0.05, 0) is 67.2 Å². The Kier molecular flexibility index (Phi) is 3.76. The Morgan fingerprint density at radius 3 is 2.28 bits per heavy atom. The van der Waals surface area contributed by atoms with Gasteiger partial charge in [0, 0.05) is 18.7 Å². The minimum absolute atomic E-state index is 0.0692. The topological polar surface area (TPSA) is 75.7 Å². The largest absolute Gasteiger partial charge is 0.376 e. The molecule has 1 aromatic rings. The number of nitrogens with one attached hydrogen (secondary N) is 1. The van der Waals surface area contributed by atoms with Crippen LogP contribution in [0, 0.1) is 35.5 Å². The molecule has 1 N–H and O–H groups in total. The smallest absolute Gasteiger partial charge is 0.251 e. The number of rotatable bonds is 4. The zero-order chi connectivity index (χ0) is 19.7. The van der Waals surface area contributed by atoms with Gasteiger partial charge >= 0.3 is 0 Å². The van der Waals surface area contributed by atoms with E-state index >= 15 is 0 Å². The van der Waals surface area contributed by atoms with Crippen LogP contribution in [0.25, 0.3) is 0 Å². The Morgan fingerprint density at radius 2 is 1.69 bits per heavy atom. The number of anilines is 1. The fourth-order valence-electron chi connectivity index (χ4n) is 6.09. The van der Waals surface area contributed by atoms with Gasteiger partial charge in [-0.3, -0.25) is 19.3 Å². The quantitative estimate of drug-likeness (QED) is 0.629. The standard InChI is InChI=1S/C23H24N2O4/c26-21(24-11-14-2-1-9-29-14)12-3-5-13(6-4-12)25-22(27)19-15-7-8-16(18-10-17(15)18)20(19)23(25)28/h3-8,14-20H,1-2,9-11H2,(H,24,26)/t14-,15-,16-,17-,18-,19-,20+/m0/s1. The molecule has 6 aliphatic rings. The van der Waals surface area contributed by atoms with Crippen molar-refractivity contribution in [1.82, 2.24) is 5.32 Å². The summed E-state index contributed by atoms with van der Waals surface area (Å²) >= 11 is 0. The third kappa shape index (κ3) is 2.54. The fourth-order valence-corrected chi connectivity index (χ4v) is 6.09. The number of carbonyl (C=O) groups is 3. The van der Waals surface area contributed by atoms with Crippen molar-refractivity contribution in [3.63, 3.8) is 0 Å². The van der Waals surface area contributed by atoms with Gasteiger partial charge < -0.3 is 10.1 Å². The van der Waals surface area contributed by atoms with Gasteiger partial charge in [0.25, 0.3) is 5.91 Å². The summed E-state index contributed by atoms with van der Waals surface area (Å²) in [6, 6.07) is 6.80. The molecule has 2 saturated carbocycles. The lowest BCUT2D eigenvalue weighted by Crippen LogP contribution is -2.40. The number of amides is 3. The molecule has 0 unspecified atom stereocenters. The first-order valence-electron chi connectivity index (χ1n) is 10.7. The van der Waals surface area contributed by atoms with Crippen molar-refractivity contribution in [3.8, 4) is 0 Å². The van der Waals surface area contributed by atoms with E-state index in [1.807, 2.05) is 0 Å². The lowest BCUT2D eigenvalue weighted by Gasteiger charge is -2.37. The Morgan fingerprint density at radius 1 is 1.03 bits per heavy atom. The number of imide groups is 1. The number of allylic oxidation sites excluding steroid dienone is 2. The normalized spacial score (nSPS) is 38.9. The molecule has 3 amide bonds. The molecule has 7 rings (SSSR count). The highest BCUT2D eigenvalue weighted by atomic mass is 16.5. The SMILES string of the molecule is O=C(NC[C@@H]1CCCO1)c1ccc(N2C(=O)[C@@H]3[C@H]4C=C[C@@H]([C@@H]5C[C@@H]45)[C@@H]3C2=O)cc1. The zero-order valence-electron chi connectivity index (χ0n) is 16.1. The summed E-state index contributed by atoms with van der Waals surface area (Å²) in [5.41, 5.74) is 1.09. The van der Waals surface area contributed by atoms with E-state index in [0.717, 1.165) is 25.9 Å². The average molecular weight is 392 g/mol. The molecule has 7 atom stereocenters. The maximum absolute atomic E-state index is 13.2. The molecule has 4 fully saturated rings. The Bertz CT molecular complexity index is 881. The third-order valence-corrected chi connectivity index (χ3v) is 7.56. The minimum Gasteiger partial charge on any atom is -0.376 e. The van der Waals surface area contributed by atoms with Crippen LogP contribution in [0.3, 0.4) is 0 Å². The lowest BCUT2D eigenvalue weighted by atomic mass is 9.63. The van der Waals surface area contributed by atoms with Crippen LogP contribution in [-0.4, -0.2) is 37.0 Å². The molecular weight excluding hydrogens is 368 g/mol. The van der Waals surface area contributed by atoms with Crippen molar-refractivity contribution >= 4 is 23.4 Å². The third-order valence-electron chi connectivity index (χ3n) is 7.56. The summed E-state index contributed by atoms with van der Waals surface area (Å²) in [7, 11) is 0. The van der Waals surface area contributed by atoms with Crippen molar-refractivity contribution < 1.29 is 19.1 Å². The second-order valence-corrected chi connectivity index (χ2v) is 9.06. The van der Waals surface area contributed by atoms with Crippen LogP contribution in [-0.2, 0) is 14.3 Å². The van der Waals surface area contributed by atoms with Crippen molar-refractivity contribution in [1.29, 1.82) is 0 Å². The number of carbonyl (C=O) groups excluding carboxylic acids is 3. The monoisotopic (exact) mass is 392 g/mol. The predicted molar refractivity (Wildman–Crippen MR) is 105 cm³/mol. The number of benzene rings is 1. The fraction of sp³-hybridized carbons (Fsp3) is 0.522. The van der Waals surface area contributed by atoms with E-state index in [-0.39, 0.29) is 47.5 Å². The van der Waals surface area contributed by atoms with Gasteiger partial charge in [0.1, 0.15) is 0 Å². The molecular formula is C23H24N2O4. The molecule has 6 nitrogen and oxygen atoms in total. The molecule has 2 saturated heterocycles. The summed E-state index contributed by atoms with van der Waals surface area (Å²) in [5, 5.41) is 2.90. The van der Waals surface area contributed by atoms with Crippen LogP contribution < -0.4 is 10.2 Å². The summed E-state index contributed by atoms with van der Waals surface area (Å²) in [6.45, 7) is 1.26. The van der Waals surface area contributed by atoms with Crippen LogP contribution >= 0.6 is 0 Å². The molecule has 0 radical (unpaired) electrons. The highest BCUT2D eigenvalue weighted by Crippen LogP contribution is 2.65. The van der Waals surface area contributed by atoms with Crippen LogP contribution in [0.4, 0.5) is 5.69 Å². The summed E-state index contributed by atoms with van der Waals surface area (Å²) in [6.07, 6.45) is 7.61. The maximum atomic E-state index is 13.2. The van der Waals surface area contributed by atoms with Crippen LogP contribution in [0.2, 0.25) is 0 Å². The van der Waals surface area contributed by atoms with Crippen LogP contribution in [0.1, 0.15) is 29.6 Å². The van der Waals surface area contributed by atoms with Crippen molar-refractivity contribution in [2.24, 2.45) is 35.5 Å². The molecule has 2 heterocycles. The van der Waals surface area contributed by atoms with Gasteiger partial charge in [-0.1, -0.05) is 12.2 Å². The molecule has 4 aliphatic carbocycles. The molecule has 6 heteroatoms. The molecule has 29 heavy (non-hydrogen) atoms. The molecule has 0 aromatic heterocycles. The maximum Gasteiger partial charge on any atom is 0.251 e. The van der Waals surface area contributed by atoms with E-state index in [4.69, 9.17) is 4.74 Å². The van der Waals surface area contributed by atoms with Crippen molar-refractivity contribution in [2.45, 2.75) is 25.4 Å². The Hall–Kier alpha value is -2.47. The van der Waals surface area contributed by atoms with E-state index in [1.54, 1.807) is 24.3 Å².